The Morgan fingerprint density at radius 1 is 1.33 bits per heavy atom. The molecule has 0 bridgehead atoms. The van der Waals surface area contributed by atoms with Crippen LogP contribution in [0.4, 0.5) is 0 Å². The molecule has 0 saturated heterocycles. The summed E-state index contributed by atoms with van der Waals surface area (Å²) in [6.45, 7) is 0.919. The maximum Gasteiger partial charge on any atom is 0.135 e. The fourth-order valence-electron chi connectivity index (χ4n) is 1.42. The Hall–Kier alpha value is -1.72. The third-order valence-corrected chi connectivity index (χ3v) is 2.20. The van der Waals surface area contributed by atoms with Crippen molar-refractivity contribution in [1.29, 1.82) is 0 Å². The highest BCUT2D eigenvalue weighted by molar-refractivity contribution is 5.83. The summed E-state index contributed by atoms with van der Waals surface area (Å²) in [5.74, 6) is 6.23. The second-order valence-corrected chi connectivity index (χ2v) is 3.30. The second kappa shape index (κ2) is 4.68. The lowest BCUT2D eigenvalue weighted by Crippen LogP contribution is -2.05. The van der Waals surface area contributed by atoms with Gasteiger partial charge in [-0.1, -0.05) is 24.0 Å². The molecule has 0 spiro atoms. The molecule has 0 fully saturated rings. The lowest BCUT2D eigenvalue weighted by atomic mass is 10.2. The van der Waals surface area contributed by atoms with Crippen LogP contribution in [0.2, 0.25) is 0 Å². The molecule has 0 radical (unpaired) electrons. The molecule has 0 atom stereocenters. The molecule has 1 N–H and O–H groups in total. The molecule has 1 aromatic heterocycles. The Morgan fingerprint density at radius 2 is 2.20 bits per heavy atom. The van der Waals surface area contributed by atoms with E-state index in [0.29, 0.717) is 0 Å². The zero-order valence-electron chi connectivity index (χ0n) is 8.71. The van der Waals surface area contributed by atoms with Crippen LogP contribution in [0.1, 0.15) is 12.0 Å². The van der Waals surface area contributed by atoms with Crippen LogP contribution >= 0.6 is 0 Å². The minimum atomic E-state index is 0.857. The summed E-state index contributed by atoms with van der Waals surface area (Å²) in [6.07, 6.45) is 2.58. The predicted octanol–water partition coefficient (Wildman–Crippen LogP) is 2.39. The van der Waals surface area contributed by atoms with Crippen molar-refractivity contribution < 1.29 is 4.42 Å². The highest BCUT2D eigenvalue weighted by atomic mass is 16.3. The van der Waals surface area contributed by atoms with E-state index in [2.05, 4.69) is 17.2 Å². The van der Waals surface area contributed by atoms with Gasteiger partial charge in [0.15, 0.2) is 0 Å². The van der Waals surface area contributed by atoms with E-state index in [-0.39, 0.29) is 0 Å². The molecule has 1 heterocycles. The van der Waals surface area contributed by atoms with Crippen molar-refractivity contribution in [2.75, 3.05) is 13.6 Å². The average molecular weight is 199 g/mol. The summed E-state index contributed by atoms with van der Waals surface area (Å²) in [7, 11) is 1.93. The van der Waals surface area contributed by atoms with E-state index in [4.69, 9.17) is 4.42 Å². The van der Waals surface area contributed by atoms with E-state index < -0.39 is 0 Å². The van der Waals surface area contributed by atoms with Crippen LogP contribution in [0.15, 0.2) is 34.9 Å². The predicted molar refractivity (Wildman–Crippen MR) is 61.6 cm³/mol. The molecule has 1 aromatic carbocycles. The topological polar surface area (TPSA) is 25.2 Å². The molecule has 0 aliphatic heterocycles. The van der Waals surface area contributed by atoms with Crippen LogP contribution in [0.3, 0.4) is 0 Å². The summed E-state index contributed by atoms with van der Waals surface area (Å²) in [5, 5.41) is 4.15. The van der Waals surface area contributed by atoms with Gasteiger partial charge in [0.25, 0.3) is 0 Å². The molecular formula is C13H13NO. The van der Waals surface area contributed by atoms with E-state index in [1.165, 1.54) is 0 Å². The van der Waals surface area contributed by atoms with Gasteiger partial charge < -0.3 is 9.73 Å². The fourth-order valence-corrected chi connectivity index (χ4v) is 1.42. The average Bonchev–Trinajstić information content (AvgIpc) is 2.68. The Kier molecular flexibility index (Phi) is 3.06. The Balaban J connectivity index is 2.23. The molecule has 0 unspecified atom stereocenters. The van der Waals surface area contributed by atoms with E-state index in [9.17, 15) is 0 Å². The van der Waals surface area contributed by atoms with Crippen LogP contribution in [0.25, 0.3) is 11.0 Å². The van der Waals surface area contributed by atoms with Gasteiger partial charge in [-0.2, -0.15) is 0 Å². The van der Waals surface area contributed by atoms with E-state index in [0.717, 1.165) is 29.5 Å². The zero-order valence-corrected chi connectivity index (χ0v) is 8.71. The van der Waals surface area contributed by atoms with Crippen molar-refractivity contribution in [2.24, 2.45) is 0 Å². The molecule has 0 saturated carbocycles. The molecule has 76 valence electrons. The molecular weight excluding hydrogens is 186 g/mol. The minimum Gasteiger partial charge on any atom is -0.463 e. The van der Waals surface area contributed by atoms with E-state index in [1.807, 2.05) is 31.3 Å². The van der Waals surface area contributed by atoms with Crippen LogP contribution in [0.5, 0.6) is 0 Å². The Morgan fingerprint density at radius 3 is 3.07 bits per heavy atom. The number of fused-ring (bicyclic) bond motifs is 1. The fraction of sp³-hybridized carbons (Fsp3) is 0.231. The number of hydrogen-bond donors (Lipinski definition) is 1. The SMILES string of the molecule is CNCCC#Cc1coc2ccccc12. The van der Waals surface area contributed by atoms with Gasteiger partial charge in [0, 0.05) is 18.4 Å². The number of nitrogens with one attached hydrogen (secondary N) is 1. The highest BCUT2D eigenvalue weighted by Gasteiger charge is 2.00. The summed E-state index contributed by atoms with van der Waals surface area (Å²) in [6, 6.07) is 7.94. The van der Waals surface area contributed by atoms with Gasteiger partial charge in [0.1, 0.15) is 11.8 Å². The molecule has 2 nitrogen and oxygen atoms in total. The van der Waals surface area contributed by atoms with Gasteiger partial charge in [-0.05, 0) is 19.2 Å². The first-order valence-electron chi connectivity index (χ1n) is 5.01. The van der Waals surface area contributed by atoms with Crippen LogP contribution in [0, 0.1) is 11.8 Å². The van der Waals surface area contributed by atoms with Crippen molar-refractivity contribution in [2.45, 2.75) is 6.42 Å². The first-order chi connectivity index (χ1) is 7.42. The van der Waals surface area contributed by atoms with Gasteiger partial charge in [0.2, 0.25) is 0 Å². The molecule has 0 amide bonds. The normalized spacial score (nSPS) is 9.93. The van der Waals surface area contributed by atoms with Gasteiger partial charge in [-0.3, -0.25) is 0 Å². The Bertz CT molecular complexity index is 502. The molecule has 15 heavy (non-hydrogen) atoms. The second-order valence-electron chi connectivity index (χ2n) is 3.30. The highest BCUT2D eigenvalue weighted by Crippen LogP contribution is 2.19. The van der Waals surface area contributed by atoms with Crippen molar-refractivity contribution >= 4 is 11.0 Å². The zero-order chi connectivity index (χ0) is 10.5. The maximum atomic E-state index is 5.39. The number of hydrogen-bond acceptors (Lipinski definition) is 2. The van der Waals surface area contributed by atoms with E-state index in [1.54, 1.807) is 6.26 Å². The number of rotatable bonds is 2. The third-order valence-electron chi connectivity index (χ3n) is 2.20. The largest absolute Gasteiger partial charge is 0.463 e. The quantitative estimate of drug-likeness (QED) is 0.593. The minimum absolute atomic E-state index is 0.857. The van der Waals surface area contributed by atoms with E-state index >= 15 is 0 Å². The standard InChI is InChI=1S/C13H13NO/c1-14-9-5-4-6-11-10-15-13-8-3-2-7-12(11)13/h2-3,7-8,10,14H,5,9H2,1H3. The van der Waals surface area contributed by atoms with Crippen molar-refractivity contribution in [1.82, 2.24) is 5.32 Å². The number of para-hydroxylation sites is 1. The van der Waals surface area contributed by atoms with Crippen molar-refractivity contribution in [3.8, 4) is 11.8 Å². The monoisotopic (exact) mass is 199 g/mol. The molecule has 2 aromatic rings. The summed E-state index contributed by atoms with van der Waals surface area (Å²) in [4.78, 5) is 0. The maximum absolute atomic E-state index is 5.39. The van der Waals surface area contributed by atoms with Gasteiger partial charge in [-0.25, -0.2) is 0 Å². The van der Waals surface area contributed by atoms with Crippen molar-refractivity contribution in [3.05, 3.63) is 36.1 Å². The summed E-state index contributed by atoms with van der Waals surface area (Å²) in [5.41, 5.74) is 1.87. The summed E-state index contributed by atoms with van der Waals surface area (Å²) >= 11 is 0. The van der Waals surface area contributed by atoms with Crippen LogP contribution in [-0.2, 0) is 0 Å². The molecule has 0 aliphatic rings. The lowest BCUT2D eigenvalue weighted by molar-refractivity contribution is 0.615. The molecule has 0 aliphatic carbocycles. The smallest absolute Gasteiger partial charge is 0.135 e. The number of furan rings is 1. The molecule has 2 rings (SSSR count). The Labute approximate surface area is 89.3 Å². The third kappa shape index (κ3) is 2.20. The van der Waals surface area contributed by atoms with Crippen molar-refractivity contribution in [3.63, 3.8) is 0 Å². The van der Waals surface area contributed by atoms with Crippen LogP contribution in [-0.4, -0.2) is 13.6 Å². The van der Waals surface area contributed by atoms with Gasteiger partial charge in [-0.15, -0.1) is 0 Å². The first-order valence-corrected chi connectivity index (χ1v) is 5.01. The number of benzene rings is 1. The lowest BCUT2D eigenvalue weighted by Gasteiger charge is -1.88. The molecule has 2 heteroatoms. The van der Waals surface area contributed by atoms with Crippen LogP contribution < -0.4 is 5.32 Å². The summed E-state index contributed by atoms with van der Waals surface area (Å²) < 4.78 is 5.39. The first kappa shape index (κ1) is 9.82. The van der Waals surface area contributed by atoms with Gasteiger partial charge >= 0.3 is 0 Å². The van der Waals surface area contributed by atoms with Gasteiger partial charge in [0.05, 0.1) is 5.56 Å².